The molecule has 0 bridgehead atoms. The Bertz CT molecular complexity index is 786. The third-order valence-electron chi connectivity index (χ3n) is 9.64. The summed E-state index contributed by atoms with van der Waals surface area (Å²) < 4.78 is 0. The third-order valence-corrected chi connectivity index (χ3v) is 9.64. The lowest BCUT2D eigenvalue weighted by Gasteiger charge is -2.52. The van der Waals surface area contributed by atoms with Crippen molar-refractivity contribution in [3.63, 3.8) is 0 Å². The van der Waals surface area contributed by atoms with Gasteiger partial charge in [-0.1, -0.05) is 141 Å². The van der Waals surface area contributed by atoms with Crippen LogP contribution in [0.25, 0.3) is 0 Å². The number of rotatable bonds is 10. The van der Waals surface area contributed by atoms with Crippen LogP contribution in [0.2, 0.25) is 0 Å². The van der Waals surface area contributed by atoms with Crippen LogP contribution in [0, 0.1) is 37.9 Å². The van der Waals surface area contributed by atoms with Crippen molar-refractivity contribution in [2.24, 2.45) is 37.9 Å². The Labute approximate surface area is 216 Å². The zero-order valence-corrected chi connectivity index (χ0v) is 26.6. The minimum atomic E-state index is -0.0572. The molecule has 0 nitrogen and oxygen atoms in total. The van der Waals surface area contributed by atoms with Crippen molar-refractivity contribution in [3.05, 3.63) is 48.1 Å². The second kappa shape index (κ2) is 10.1. The minimum absolute atomic E-state index is 0.0145. The molecule has 198 valence electrons. The van der Waals surface area contributed by atoms with Crippen LogP contribution in [0.5, 0.6) is 0 Å². The zero-order chi connectivity index (χ0) is 27.8. The van der Waals surface area contributed by atoms with E-state index in [0.717, 1.165) is 12.8 Å². The van der Waals surface area contributed by atoms with Crippen molar-refractivity contribution in [2.45, 2.75) is 131 Å². The van der Waals surface area contributed by atoms with Gasteiger partial charge in [0.1, 0.15) is 0 Å². The molecule has 0 spiro atoms. The van der Waals surface area contributed by atoms with Gasteiger partial charge in [-0.15, -0.1) is 6.58 Å². The van der Waals surface area contributed by atoms with Gasteiger partial charge in [0.25, 0.3) is 0 Å². The van der Waals surface area contributed by atoms with Crippen LogP contribution in [0.3, 0.4) is 0 Å². The van der Waals surface area contributed by atoms with Gasteiger partial charge in [-0.3, -0.25) is 0 Å². The molecule has 0 aliphatic heterocycles. The Morgan fingerprint density at radius 2 is 1.06 bits per heavy atom. The third kappa shape index (κ3) is 7.99. The topological polar surface area (TPSA) is 0 Å². The molecule has 0 aromatic rings. The van der Waals surface area contributed by atoms with Crippen molar-refractivity contribution in [3.8, 4) is 0 Å². The fourth-order valence-corrected chi connectivity index (χ4v) is 4.57. The van der Waals surface area contributed by atoms with Crippen LogP contribution in [0.1, 0.15) is 131 Å². The molecule has 0 heteroatoms. The smallest absolute Gasteiger partial charge is 0.00551 e. The molecule has 0 aliphatic carbocycles. The molecule has 0 fully saturated rings. The first-order valence-electron chi connectivity index (χ1n) is 13.4. The molecule has 0 N–H and O–H groups in total. The first kappa shape index (κ1) is 33.0. The fraction of sp³-hybridized carbons (Fsp3) is 0.765. The normalized spacial score (nSPS) is 15.7. The van der Waals surface area contributed by atoms with Gasteiger partial charge in [-0.05, 0) is 68.8 Å². The van der Waals surface area contributed by atoms with Crippen LogP contribution in [-0.2, 0) is 0 Å². The van der Waals surface area contributed by atoms with Gasteiger partial charge in [-0.2, -0.15) is 0 Å². The lowest BCUT2D eigenvalue weighted by atomic mass is 9.53. The van der Waals surface area contributed by atoms with Crippen LogP contribution in [0.4, 0.5) is 0 Å². The molecule has 0 heterocycles. The average Bonchev–Trinajstić information content (AvgIpc) is 2.53. The molecule has 0 atom stereocenters. The molecular formula is C34H62. The second-order valence-corrected chi connectivity index (χ2v) is 16.3. The Morgan fingerprint density at radius 3 is 1.41 bits per heavy atom. The molecule has 34 heavy (non-hydrogen) atoms. The van der Waals surface area contributed by atoms with E-state index in [2.05, 4.69) is 149 Å². The maximum atomic E-state index is 4.69. The second-order valence-electron chi connectivity index (χ2n) is 16.3. The lowest BCUT2D eigenvalue weighted by molar-refractivity contribution is 0.0104. The van der Waals surface area contributed by atoms with E-state index in [-0.39, 0.29) is 37.9 Å². The summed E-state index contributed by atoms with van der Waals surface area (Å²) >= 11 is 0. The zero-order valence-electron chi connectivity index (χ0n) is 26.6. The molecule has 0 aromatic carbocycles. The molecule has 0 amide bonds. The van der Waals surface area contributed by atoms with Crippen LogP contribution in [-0.4, -0.2) is 0 Å². The Hall–Kier alpha value is -1.04. The Kier molecular flexibility index (Phi) is 9.83. The first-order chi connectivity index (χ1) is 14.6. The highest BCUT2D eigenvalue weighted by Gasteiger charge is 2.47. The lowest BCUT2D eigenvalue weighted by Crippen LogP contribution is -2.43. The standard InChI is InChI=1S/C34H62/c1-25(2)23-30(10,11)31(12,13)24-32(14,15)33(16,17)26(3)22-27(20-21-28(4,5)6)34(18,19)29(7,8)9/h20-22H,1,3,23-24H2,2,4-19H3/b21-20+,27-22+. The summed E-state index contributed by atoms with van der Waals surface area (Å²) in [5.74, 6) is 0. The SMILES string of the molecule is C=C(C)CC(C)(C)C(C)(C)CC(C)(C)C(C)(C)C(=C)/C=C(\C=C\C(C)(C)C)C(C)(C)C(C)(C)C. The molecular weight excluding hydrogens is 408 g/mol. The monoisotopic (exact) mass is 470 g/mol. The van der Waals surface area contributed by atoms with Gasteiger partial charge in [0, 0.05) is 0 Å². The Balaban J connectivity index is 6.45. The summed E-state index contributed by atoms with van der Waals surface area (Å²) in [5, 5.41) is 0. The van der Waals surface area contributed by atoms with Crippen LogP contribution >= 0.6 is 0 Å². The van der Waals surface area contributed by atoms with E-state index < -0.39 is 0 Å². The quantitative estimate of drug-likeness (QED) is 0.220. The van der Waals surface area contributed by atoms with E-state index in [1.807, 2.05) is 0 Å². The summed E-state index contributed by atoms with van der Waals surface area (Å²) in [5.41, 5.74) is 4.50. The molecule has 0 saturated heterocycles. The number of hydrogen-bond acceptors (Lipinski definition) is 0. The highest BCUT2D eigenvalue weighted by atomic mass is 14.5. The molecule has 0 radical (unpaired) electrons. The summed E-state index contributed by atoms with van der Waals surface area (Å²) in [6.45, 7) is 49.0. The van der Waals surface area contributed by atoms with E-state index >= 15 is 0 Å². The van der Waals surface area contributed by atoms with Gasteiger partial charge in [0.05, 0.1) is 0 Å². The molecule has 0 saturated carbocycles. The van der Waals surface area contributed by atoms with Crippen molar-refractivity contribution in [1.29, 1.82) is 0 Å². The van der Waals surface area contributed by atoms with Crippen LogP contribution < -0.4 is 0 Å². The molecule has 0 aliphatic rings. The van der Waals surface area contributed by atoms with Gasteiger partial charge >= 0.3 is 0 Å². The van der Waals surface area contributed by atoms with Gasteiger partial charge < -0.3 is 0 Å². The van der Waals surface area contributed by atoms with Gasteiger partial charge in [0.2, 0.25) is 0 Å². The molecule has 0 unspecified atom stereocenters. The van der Waals surface area contributed by atoms with E-state index in [1.165, 1.54) is 16.7 Å². The number of hydrogen-bond donors (Lipinski definition) is 0. The maximum Gasteiger partial charge on any atom is -0.00551 e. The van der Waals surface area contributed by atoms with Crippen molar-refractivity contribution in [2.75, 3.05) is 0 Å². The predicted molar refractivity (Wildman–Crippen MR) is 158 cm³/mol. The number of allylic oxidation sites excluding steroid dienone is 6. The van der Waals surface area contributed by atoms with Gasteiger partial charge in [-0.25, -0.2) is 0 Å². The molecule has 0 rings (SSSR count). The van der Waals surface area contributed by atoms with E-state index in [9.17, 15) is 0 Å². The van der Waals surface area contributed by atoms with Gasteiger partial charge in [0.15, 0.2) is 0 Å². The van der Waals surface area contributed by atoms with Crippen molar-refractivity contribution >= 4 is 0 Å². The van der Waals surface area contributed by atoms with Crippen molar-refractivity contribution < 1.29 is 0 Å². The maximum absolute atomic E-state index is 4.69. The minimum Gasteiger partial charge on any atom is -0.100 e. The first-order valence-corrected chi connectivity index (χ1v) is 13.4. The summed E-state index contributed by atoms with van der Waals surface area (Å²) in [7, 11) is 0. The van der Waals surface area contributed by atoms with E-state index in [1.54, 1.807) is 0 Å². The largest absolute Gasteiger partial charge is 0.100 e. The fourth-order valence-electron chi connectivity index (χ4n) is 4.57. The van der Waals surface area contributed by atoms with E-state index in [4.69, 9.17) is 0 Å². The molecule has 0 aromatic heterocycles. The summed E-state index contributed by atoms with van der Waals surface area (Å²) in [6.07, 6.45) is 9.29. The Morgan fingerprint density at radius 1 is 0.618 bits per heavy atom. The summed E-state index contributed by atoms with van der Waals surface area (Å²) in [4.78, 5) is 0. The predicted octanol–water partition coefficient (Wildman–Crippen LogP) is 11.6. The van der Waals surface area contributed by atoms with Crippen molar-refractivity contribution in [1.82, 2.24) is 0 Å². The van der Waals surface area contributed by atoms with E-state index in [0.29, 0.717) is 0 Å². The van der Waals surface area contributed by atoms with Crippen LogP contribution in [0.15, 0.2) is 48.1 Å². The average molecular weight is 471 g/mol. The highest BCUT2D eigenvalue weighted by Crippen LogP contribution is 2.56. The summed E-state index contributed by atoms with van der Waals surface area (Å²) in [6, 6.07) is 0. The highest BCUT2D eigenvalue weighted by molar-refractivity contribution is 5.38.